The molecule has 0 spiro atoms. The van der Waals surface area contributed by atoms with E-state index in [1.54, 1.807) is 7.11 Å². The second kappa shape index (κ2) is 9.50. The maximum absolute atomic E-state index is 11.2. The Morgan fingerprint density at radius 1 is 1.60 bits per heavy atom. The van der Waals surface area contributed by atoms with Gasteiger partial charge in [-0.1, -0.05) is 19.3 Å². The first-order valence-electron chi connectivity index (χ1n) is 5.19. The number of hydrogen-bond donors (Lipinski definition) is 2. The Morgan fingerprint density at radius 3 is 2.87 bits per heavy atom. The van der Waals surface area contributed by atoms with Crippen molar-refractivity contribution in [2.75, 3.05) is 26.8 Å². The highest BCUT2D eigenvalue weighted by atomic mass is 16.5. The zero-order valence-corrected chi connectivity index (χ0v) is 9.51. The first-order valence-corrected chi connectivity index (χ1v) is 5.19. The Morgan fingerprint density at radius 2 is 2.33 bits per heavy atom. The zero-order chi connectivity index (χ0) is 11.5. The number of ether oxygens (including phenoxy) is 1. The third-order valence-corrected chi connectivity index (χ3v) is 1.92. The van der Waals surface area contributed by atoms with Crippen molar-refractivity contribution in [2.24, 2.45) is 0 Å². The normalized spacial score (nSPS) is 11.8. The summed E-state index contributed by atoms with van der Waals surface area (Å²) in [5, 5.41) is 5.72. The molecule has 1 atom stereocenters. The van der Waals surface area contributed by atoms with E-state index in [-0.39, 0.29) is 18.5 Å². The summed E-state index contributed by atoms with van der Waals surface area (Å²) in [6.07, 6.45) is 7.20. The van der Waals surface area contributed by atoms with E-state index in [4.69, 9.17) is 11.2 Å². The highest BCUT2D eigenvalue weighted by molar-refractivity contribution is 5.78. The van der Waals surface area contributed by atoms with Crippen molar-refractivity contribution < 1.29 is 9.53 Å². The smallest absolute Gasteiger partial charge is 0.234 e. The van der Waals surface area contributed by atoms with Gasteiger partial charge in [-0.3, -0.25) is 10.1 Å². The highest BCUT2D eigenvalue weighted by Gasteiger charge is 2.05. The van der Waals surface area contributed by atoms with Gasteiger partial charge in [-0.05, 0) is 6.42 Å². The Bertz CT molecular complexity index is 211. The maximum atomic E-state index is 11.2. The van der Waals surface area contributed by atoms with Crippen molar-refractivity contribution in [3.8, 4) is 12.3 Å². The van der Waals surface area contributed by atoms with Crippen LogP contribution in [0.15, 0.2) is 0 Å². The third-order valence-electron chi connectivity index (χ3n) is 1.92. The summed E-state index contributed by atoms with van der Waals surface area (Å²) in [4.78, 5) is 11.2. The molecule has 4 heteroatoms. The number of carbonyl (C=O) groups is 1. The van der Waals surface area contributed by atoms with E-state index in [0.717, 1.165) is 12.8 Å². The molecule has 0 saturated carbocycles. The molecule has 1 amide bonds. The van der Waals surface area contributed by atoms with Crippen LogP contribution in [0, 0.1) is 12.3 Å². The van der Waals surface area contributed by atoms with Gasteiger partial charge in [0, 0.05) is 13.7 Å². The minimum absolute atomic E-state index is 0.0109. The van der Waals surface area contributed by atoms with Gasteiger partial charge in [-0.15, -0.1) is 6.42 Å². The van der Waals surface area contributed by atoms with Crippen LogP contribution in [0.5, 0.6) is 0 Å². The molecule has 2 N–H and O–H groups in total. The lowest BCUT2D eigenvalue weighted by atomic mass is 10.2. The molecule has 0 bridgehead atoms. The Labute approximate surface area is 91.8 Å². The number of carbonyl (C=O) groups excluding carboxylic acids is 1. The average molecular weight is 212 g/mol. The number of terminal acetylenes is 1. The summed E-state index contributed by atoms with van der Waals surface area (Å²) in [6.45, 7) is 3.38. The predicted octanol–water partition coefficient (Wildman–Crippen LogP) is 0.141. The number of hydrogen-bond acceptors (Lipinski definition) is 3. The van der Waals surface area contributed by atoms with Crippen molar-refractivity contribution in [2.45, 2.75) is 25.8 Å². The summed E-state index contributed by atoms with van der Waals surface area (Å²) in [7, 11) is 1.60. The Kier molecular flexibility index (Phi) is 8.84. The first-order chi connectivity index (χ1) is 7.24. The molecular formula is C11H20N2O2. The molecule has 0 aliphatic carbocycles. The quantitative estimate of drug-likeness (QED) is 0.444. The van der Waals surface area contributed by atoms with Crippen molar-refractivity contribution in [1.82, 2.24) is 10.6 Å². The molecule has 86 valence electrons. The molecular weight excluding hydrogens is 192 g/mol. The monoisotopic (exact) mass is 212 g/mol. The molecule has 15 heavy (non-hydrogen) atoms. The second-order valence-corrected chi connectivity index (χ2v) is 3.23. The van der Waals surface area contributed by atoms with Gasteiger partial charge in [0.25, 0.3) is 0 Å². The minimum atomic E-state index is -0.0524. The van der Waals surface area contributed by atoms with Gasteiger partial charge in [0.2, 0.25) is 5.91 Å². The van der Waals surface area contributed by atoms with Crippen LogP contribution in [0.4, 0.5) is 0 Å². The fraction of sp³-hybridized carbons (Fsp3) is 0.727. The molecule has 0 aromatic carbocycles. The largest absolute Gasteiger partial charge is 0.383 e. The number of amides is 1. The molecule has 0 saturated heterocycles. The standard InChI is InChI=1S/C11H20N2O2/c1-4-6-10(5-2)13-9-11(14)12-7-8-15-3/h2,10,13H,4,6-9H2,1,3H3,(H,12,14). The lowest BCUT2D eigenvalue weighted by Crippen LogP contribution is -2.39. The molecule has 0 aromatic rings. The van der Waals surface area contributed by atoms with E-state index in [0.29, 0.717) is 13.2 Å². The average Bonchev–Trinajstić information content (AvgIpc) is 2.24. The lowest BCUT2D eigenvalue weighted by molar-refractivity contribution is -0.120. The molecule has 0 aliphatic heterocycles. The molecule has 0 heterocycles. The molecule has 0 radical (unpaired) electrons. The molecule has 0 aromatic heterocycles. The van der Waals surface area contributed by atoms with Gasteiger partial charge in [0.1, 0.15) is 0 Å². The Balaban J connectivity index is 3.56. The van der Waals surface area contributed by atoms with E-state index < -0.39 is 0 Å². The van der Waals surface area contributed by atoms with Gasteiger partial charge >= 0.3 is 0 Å². The van der Waals surface area contributed by atoms with Crippen LogP contribution in [0.25, 0.3) is 0 Å². The van der Waals surface area contributed by atoms with Crippen molar-refractivity contribution in [3.05, 3.63) is 0 Å². The fourth-order valence-electron chi connectivity index (χ4n) is 1.10. The predicted molar refractivity (Wildman–Crippen MR) is 60.4 cm³/mol. The van der Waals surface area contributed by atoms with Crippen LogP contribution >= 0.6 is 0 Å². The summed E-state index contributed by atoms with van der Waals surface area (Å²) in [6, 6.07) is -0.0109. The van der Waals surface area contributed by atoms with Crippen LogP contribution in [0.2, 0.25) is 0 Å². The second-order valence-electron chi connectivity index (χ2n) is 3.23. The molecule has 4 nitrogen and oxygen atoms in total. The number of rotatable bonds is 8. The van der Waals surface area contributed by atoms with Gasteiger partial charge in [-0.25, -0.2) is 0 Å². The highest BCUT2D eigenvalue weighted by Crippen LogP contribution is 1.93. The number of nitrogens with one attached hydrogen (secondary N) is 2. The number of methoxy groups -OCH3 is 1. The summed E-state index contributed by atoms with van der Waals surface area (Å²) in [5.41, 5.74) is 0. The van der Waals surface area contributed by atoms with Crippen molar-refractivity contribution >= 4 is 5.91 Å². The van der Waals surface area contributed by atoms with Crippen LogP contribution in [-0.2, 0) is 9.53 Å². The summed E-state index contributed by atoms with van der Waals surface area (Å²) < 4.78 is 4.81. The molecule has 0 fully saturated rings. The molecule has 0 rings (SSSR count). The van der Waals surface area contributed by atoms with Crippen molar-refractivity contribution in [3.63, 3.8) is 0 Å². The third kappa shape index (κ3) is 7.98. The minimum Gasteiger partial charge on any atom is -0.383 e. The van der Waals surface area contributed by atoms with E-state index >= 15 is 0 Å². The lowest BCUT2D eigenvalue weighted by Gasteiger charge is -2.11. The van der Waals surface area contributed by atoms with Crippen LogP contribution in [0.3, 0.4) is 0 Å². The van der Waals surface area contributed by atoms with Crippen LogP contribution in [0.1, 0.15) is 19.8 Å². The fourth-order valence-corrected chi connectivity index (χ4v) is 1.10. The van der Waals surface area contributed by atoms with Gasteiger partial charge in [-0.2, -0.15) is 0 Å². The van der Waals surface area contributed by atoms with Crippen molar-refractivity contribution in [1.29, 1.82) is 0 Å². The van der Waals surface area contributed by atoms with Gasteiger partial charge < -0.3 is 10.1 Å². The van der Waals surface area contributed by atoms with E-state index in [2.05, 4.69) is 23.5 Å². The van der Waals surface area contributed by atoms with Crippen LogP contribution in [-0.4, -0.2) is 38.8 Å². The maximum Gasteiger partial charge on any atom is 0.234 e. The summed E-state index contributed by atoms with van der Waals surface area (Å²) >= 11 is 0. The van der Waals surface area contributed by atoms with E-state index in [1.165, 1.54) is 0 Å². The topological polar surface area (TPSA) is 50.4 Å². The zero-order valence-electron chi connectivity index (χ0n) is 9.51. The first kappa shape index (κ1) is 13.9. The van der Waals surface area contributed by atoms with Gasteiger partial charge in [0.15, 0.2) is 0 Å². The SMILES string of the molecule is C#CC(CCC)NCC(=O)NCCOC. The Hall–Kier alpha value is -1.05. The van der Waals surface area contributed by atoms with Gasteiger partial charge in [0.05, 0.1) is 19.2 Å². The van der Waals surface area contributed by atoms with E-state index in [1.807, 2.05) is 0 Å². The van der Waals surface area contributed by atoms with E-state index in [9.17, 15) is 4.79 Å². The molecule has 1 unspecified atom stereocenters. The molecule has 0 aliphatic rings. The summed E-state index contributed by atoms with van der Waals surface area (Å²) in [5.74, 6) is 2.56. The van der Waals surface area contributed by atoms with Crippen LogP contribution < -0.4 is 10.6 Å².